The van der Waals surface area contributed by atoms with Gasteiger partial charge in [-0.25, -0.2) is 14.4 Å². The highest BCUT2D eigenvalue weighted by molar-refractivity contribution is 7.10. The van der Waals surface area contributed by atoms with Crippen LogP contribution in [-0.2, 0) is 25.5 Å². The third-order valence-corrected chi connectivity index (χ3v) is 5.97. The van der Waals surface area contributed by atoms with Gasteiger partial charge < -0.3 is 24.8 Å². The van der Waals surface area contributed by atoms with Crippen molar-refractivity contribution in [2.75, 3.05) is 13.2 Å². The summed E-state index contributed by atoms with van der Waals surface area (Å²) in [5.74, 6) is -0.632. The maximum atomic E-state index is 12.7. The number of esters is 2. The van der Waals surface area contributed by atoms with Crippen LogP contribution in [-0.4, -0.2) is 37.3 Å². The van der Waals surface area contributed by atoms with Crippen LogP contribution in [0.2, 0.25) is 5.02 Å². The van der Waals surface area contributed by atoms with E-state index in [9.17, 15) is 14.4 Å². The average molecular weight is 463 g/mol. The third kappa shape index (κ3) is 4.52. The number of carbonyl (C=O) groups is 3. The fraction of sp³-hybridized carbons (Fsp3) is 0.286. The van der Waals surface area contributed by atoms with Gasteiger partial charge in [0, 0.05) is 16.3 Å². The summed E-state index contributed by atoms with van der Waals surface area (Å²) in [6.45, 7) is 1.55. The Hall–Kier alpha value is -3.04. The van der Waals surface area contributed by atoms with Crippen LogP contribution in [0.1, 0.15) is 23.4 Å². The molecular formula is C21H19ClN2O6S. The lowest BCUT2D eigenvalue weighted by atomic mass is 10.0. The molecule has 0 spiro atoms. The van der Waals surface area contributed by atoms with Gasteiger partial charge >= 0.3 is 18.0 Å². The topological polar surface area (TPSA) is 103 Å². The van der Waals surface area contributed by atoms with E-state index >= 15 is 0 Å². The first-order chi connectivity index (χ1) is 15.0. The maximum Gasteiger partial charge on any atom is 0.348 e. The van der Waals surface area contributed by atoms with E-state index in [1.165, 1.54) is 11.3 Å². The SMILES string of the molecule is CCOC(=O)C1=C(COC(=O)[C@@H]2Cc3cc(Cl)ccc3O2)NC(=O)N[C@H]1c1cccs1. The monoisotopic (exact) mass is 462 g/mol. The van der Waals surface area contributed by atoms with E-state index < -0.39 is 30.1 Å². The molecule has 10 heteroatoms. The number of urea groups is 1. The Morgan fingerprint density at radius 1 is 1.29 bits per heavy atom. The normalized spacial score (nSPS) is 19.7. The minimum atomic E-state index is -0.828. The summed E-state index contributed by atoms with van der Waals surface area (Å²) in [6.07, 6.45) is -0.504. The Morgan fingerprint density at radius 2 is 2.13 bits per heavy atom. The lowest BCUT2D eigenvalue weighted by Crippen LogP contribution is -2.47. The van der Waals surface area contributed by atoms with Gasteiger partial charge in [0.2, 0.25) is 0 Å². The van der Waals surface area contributed by atoms with Crippen molar-refractivity contribution in [1.29, 1.82) is 0 Å². The number of hydrogen-bond acceptors (Lipinski definition) is 7. The highest BCUT2D eigenvalue weighted by atomic mass is 35.5. The average Bonchev–Trinajstić information content (AvgIpc) is 3.41. The van der Waals surface area contributed by atoms with Crippen LogP contribution in [0.4, 0.5) is 4.79 Å². The number of benzene rings is 1. The number of nitrogens with one attached hydrogen (secondary N) is 2. The number of halogens is 1. The minimum absolute atomic E-state index is 0.164. The Morgan fingerprint density at radius 3 is 2.87 bits per heavy atom. The van der Waals surface area contributed by atoms with Gasteiger partial charge in [0.1, 0.15) is 12.4 Å². The summed E-state index contributed by atoms with van der Waals surface area (Å²) in [5, 5.41) is 7.68. The molecule has 4 rings (SSSR count). The Kier molecular flexibility index (Phi) is 6.15. The molecule has 2 atom stereocenters. The molecule has 0 radical (unpaired) electrons. The molecule has 2 aromatic rings. The molecule has 1 aromatic heterocycles. The maximum absolute atomic E-state index is 12.7. The first-order valence-corrected chi connectivity index (χ1v) is 10.8. The summed E-state index contributed by atoms with van der Waals surface area (Å²) in [5.41, 5.74) is 1.18. The van der Waals surface area contributed by atoms with Gasteiger partial charge in [-0.05, 0) is 42.1 Å². The zero-order valence-corrected chi connectivity index (χ0v) is 18.0. The summed E-state index contributed by atoms with van der Waals surface area (Å²) >= 11 is 7.38. The Balaban J connectivity index is 1.53. The van der Waals surface area contributed by atoms with Crippen molar-refractivity contribution in [3.63, 3.8) is 0 Å². The lowest BCUT2D eigenvalue weighted by Gasteiger charge is -2.28. The molecule has 0 bridgehead atoms. The number of ether oxygens (including phenoxy) is 3. The standard InChI is InChI=1S/C21H19ClN2O6S/c1-2-28-20(26)17-13(23-21(27)24-18(17)16-4-3-7-31-16)10-29-19(25)15-9-11-8-12(22)5-6-14(11)30-15/h3-8,15,18H,2,9-10H2,1H3,(H2,23,24,27)/t15-,18-/m0/s1. The van der Waals surface area contributed by atoms with Crippen molar-refractivity contribution in [1.82, 2.24) is 10.6 Å². The fourth-order valence-corrected chi connectivity index (χ4v) is 4.41. The summed E-state index contributed by atoms with van der Waals surface area (Å²) in [6, 6.07) is 7.54. The van der Waals surface area contributed by atoms with Crippen LogP contribution in [0.5, 0.6) is 5.75 Å². The quantitative estimate of drug-likeness (QED) is 0.639. The van der Waals surface area contributed by atoms with Crippen LogP contribution < -0.4 is 15.4 Å². The minimum Gasteiger partial charge on any atom is -0.478 e. The van der Waals surface area contributed by atoms with E-state index in [1.807, 2.05) is 11.4 Å². The van der Waals surface area contributed by atoms with Gasteiger partial charge in [-0.3, -0.25) is 0 Å². The molecular weight excluding hydrogens is 444 g/mol. The van der Waals surface area contributed by atoms with Crippen molar-refractivity contribution in [2.24, 2.45) is 0 Å². The molecule has 0 saturated heterocycles. The van der Waals surface area contributed by atoms with E-state index in [1.54, 1.807) is 31.2 Å². The number of rotatable bonds is 6. The van der Waals surface area contributed by atoms with E-state index in [4.69, 9.17) is 25.8 Å². The second kappa shape index (κ2) is 8.99. The molecule has 2 amide bonds. The molecule has 1 aromatic carbocycles. The van der Waals surface area contributed by atoms with Crippen LogP contribution in [0, 0.1) is 0 Å². The predicted molar refractivity (Wildman–Crippen MR) is 113 cm³/mol. The number of amides is 2. The molecule has 2 aliphatic heterocycles. The zero-order chi connectivity index (χ0) is 22.0. The second-order valence-electron chi connectivity index (χ2n) is 6.83. The van der Waals surface area contributed by atoms with Crippen molar-refractivity contribution < 1.29 is 28.6 Å². The van der Waals surface area contributed by atoms with E-state index in [2.05, 4.69) is 10.6 Å². The highest BCUT2D eigenvalue weighted by Gasteiger charge is 2.36. The van der Waals surface area contributed by atoms with Gasteiger partial charge in [-0.2, -0.15) is 0 Å². The number of thiophene rings is 1. The molecule has 0 unspecified atom stereocenters. The molecule has 0 saturated carbocycles. The molecule has 31 heavy (non-hydrogen) atoms. The molecule has 0 aliphatic carbocycles. The van der Waals surface area contributed by atoms with E-state index in [0.29, 0.717) is 17.2 Å². The largest absolute Gasteiger partial charge is 0.478 e. The van der Waals surface area contributed by atoms with E-state index in [-0.39, 0.29) is 24.5 Å². The van der Waals surface area contributed by atoms with Crippen molar-refractivity contribution in [3.8, 4) is 5.75 Å². The van der Waals surface area contributed by atoms with Crippen molar-refractivity contribution >= 4 is 40.9 Å². The second-order valence-corrected chi connectivity index (χ2v) is 8.25. The number of fused-ring (bicyclic) bond motifs is 1. The Bertz CT molecular complexity index is 1050. The van der Waals surface area contributed by atoms with Crippen LogP contribution in [0.15, 0.2) is 47.0 Å². The molecule has 2 aliphatic rings. The predicted octanol–water partition coefficient (Wildman–Crippen LogP) is 3.12. The number of hydrogen-bond donors (Lipinski definition) is 2. The first-order valence-electron chi connectivity index (χ1n) is 9.59. The highest BCUT2D eigenvalue weighted by Crippen LogP contribution is 2.33. The van der Waals surface area contributed by atoms with Crippen LogP contribution in [0.3, 0.4) is 0 Å². The van der Waals surface area contributed by atoms with Gasteiger partial charge in [0.15, 0.2) is 6.10 Å². The molecule has 3 heterocycles. The summed E-state index contributed by atoms with van der Waals surface area (Å²) in [4.78, 5) is 38.2. The van der Waals surface area contributed by atoms with Gasteiger partial charge in [-0.15, -0.1) is 11.3 Å². The fourth-order valence-electron chi connectivity index (χ4n) is 3.44. The summed E-state index contributed by atoms with van der Waals surface area (Å²) < 4.78 is 16.2. The number of carbonyl (C=O) groups excluding carboxylic acids is 3. The van der Waals surface area contributed by atoms with Crippen LogP contribution >= 0.6 is 22.9 Å². The zero-order valence-electron chi connectivity index (χ0n) is 16.5. The Labute approximate surface area is 187 Å². The molecule has 2 N–H and O–H groups in total. The van der Waals surface area contributed by atoms with Gasteiger partial charge in [0.05, 0.1) is 23.9 Å². The van der Waals surface area contributed by atoms with Crippen LogP contribution in [0.25, 0.3) is 0 Å². The van der Waals surface area contributed by atoms with Gasteiger partial charge in [-0.1, -0.05) is 17.7 Å². The smallest absolute Gasteiger partial charge is 0.348 e. The van der Waals surface area contributed by atoms with Crippen molar-refractivity contribution in [2.45, 2.75) is 25.5 Å². The molecule has 162 valence electrons. The first kappa shape index (κ1) is 21.2. The van der Waals surface area contributed by atoms with E-state index in [0.717, 1.165) is 10.4 Å². The summed E-state index contributed by atoms with van der Waals surface area (Å²) in [7, 11) is 0. The van der Waals surface area contributed by atoms with Crippen molar-refractivity contribution in [3.05, 3.63) is 62.4 Å². The lowest BCUT2D eigenvalue weighted by molar-refractivity contribution is -0.150. The van der Waals surface area contributed by atoms with Gasteiger partial charge in [0.25, 0.3) is 0 Å². The third-order valence-electron chi connectivity index (χ3n) is 4.80. The molecule has 8 nitrogen and oxygen atoms in total. The molecule has 0 fully saturated rings.